The highest BCUT2D eigenvalue weighted by molar-refractivity contribution is 7.98. The summed E-state index contributed by atoms with van der Waals surface area (Å²) in [4.78, 5) is 0. The summed E-state index contributed by atoms with van der Waals surface area (Å²) in [5, 5.41) is 9.10. The number of aromatic nitrogens is 3. The molecule has 0 bridgehead atoms. The fourth-order valence-electron chi connectivity index (χ4n) is 2.25. The molecule has 3 rings (SSSR count). The summed E-state index contributed by atoms with van der Waals surface area (Å²) in [5.74, 6) is 8.35. The molecule has 0 unspecified atom stereocenters. The second kappa shape index (κ2) is 6.75. The number of ether oxygens (including phenoxy) is 1. The lowest BCUT2D eigenvalue weighted by Gasteiger charge is -2.06. The second-order valence-corrected chi connectivity index (χ2v) is 6.07. The Hall–Kier alpha value is -2.47. The van der Waals surface area contributed by atoms with E-state index in [0.29, 0.717) is 11.0 Å². The largest absolute Gasteiger partial charge is 0.497 e. The molecule has 2 N–H and O–H groups in total. The molecule has 0 amide bonds. The standard InChI is InChI=1S/C17H18N4OS/c1-12-6-3-4-7-14(12)11-23-17-20-19-16(21(17)18)13-8-5-9-15(10-13)22-2/h3-10H,11,18H2,1-2H3. The fraction of sp³-hybridized carbons (Fsp3) is 0.176. The topological polar surface area (TPSA) is 66.0 Å². The number of nitrogen functional groups attached to an aromatic ring is 1. The molecule has 0 aliphatic carbocycles. The minimum atomic E-state index is 0.621. The lowest BCUT2D eigenvalue weighted by molar-refractivity contribution is 0.415. The van der Waals surface area contributed by atoms with Crippen molar-refractivity contribution in [2.45, 2.75) is 17.8 Å². The van der Waals surface area contributed by atoms with Gasteiger partial charge >= 0.3 is 0 Å². The van der Waals surface area contributed by atoms with Gasteiger partial charge in [-0.1, -0.05) is 48.2 Å². The zero-order valence-electron chi connectivity index (χ0n) is 13.1. The van der Waals surface area contributed by atoms with E-state index in [9.17, 15) is 0 Å². The zero-order chi connectivity index (χ0) is 16.2. The number of nitrogens with two attached hydrogens (primary N) is 1. The van der Waals surface area contributed by atoms with Crippen LogP contribution < -0.4 is 10.6 Å². The zero-order valence-corrected chi connectivity index (χ0v) is 13.9. The van der Waals surface area contributed by atoms with Crippen LogP contribution in [0.15, 0.2) is 53.7 Å². The van der Waals surface area contributed by atoms with E-state index < -0.39 is 0 Å². The van der Waals surface area contributed by atoms with Gasteiger partial charge in [0, 0.05) is 11.3 Å². The maximum absolute atomic E-state index is 6.16. The smallest absolute Gasteiger partial charge is 0.210 e. The monoisotopic (exact) mass is 326 g/mol. The van der Waals surface area contributed by atoms with Gasteiger partial charge in [-0.05, 0) is 30.2 Å². The predicted octanol–water partition coefficient (Wildman–Crippen LogP) is 3.27. The van der Waals surface area contributed by atoms with Gasteiger partial charge in [-0.15, -0.1) is 10.2 Å². The van der Waals surface area contributed by atoms with Crippen molar-refractivity contribution in [1.29, 1.82) is 0 Å². The van der Waals surface area contributed by atoms with Gasteiger partial charge in [0.2, 0.25) is 5.16 Å². The van der Waals surface area contributed by atoms with E-state index in [1.54, 1.807) is 18.9 Å². The summed E-state index contributed by atoms with van der Waals surface area (Å²) < 4.78 is 6.76. The Kier molecular flexibility index (Phi) is 4.52. The number of thioether (sulfide) groups is 1. The van der Waals surface area contributed by atoms with E-state index in [4.69, 9.17) is 10.6 Å². The molecule has 3 aromatic rings. The lowest BCUT2D eigenvalue weighted by atomic mass is 10.1. The first-order valence-corrected chi connectivity index (χ1v) is 8.20. The van der Waals surface area contributed by atoms with Gasteiger partial charge in [-0.3, -0.25) is 0 Å². The number of benzene rings is 2. The van der Waals surface area contributed by atoms with Crippen molar-refractivity contribution in [2.75, 3.05) is 13.0 Å². The third-order valence-electron chi connectivity index (χ3n) is 3.61. The first-order chi connectivity index (χ1) is 11.2. The van der Waals surface area contributed by atoms with Gasteiger partial charge in [-0.25, -0.2) is 4.68 Å². The molecular formula is C17H18N4OS. The van der Waals surface area contributed by atoms with Gasteiger partial charge in [0.05, 0.1) is 7.11 Å². The first-order valence-electron chi connectivity index (χ1n) is 7.21. The van der Waals surface area contributed by atoms with E-state index in [1.807, 2.05) is 36.4 Å². The van der Waals surface area contributed by atoms with Crippen molar-refractivity contribution >= 4 is 11.8 Å². The molecule has 0 aliphatic heterocycles. The van der Waals surface area contributed by atoms with Crippen molar-refractivity contribution in [2.24, 2.45) is 0 Å². The molecule has 1 heterocycles. The number of methoxy groups -OCH3 is 1. The van der Waals surface area contributed by atoms with Crippen LogP contribution in [-0.4, -0.2) is 22.0 Å². The number of hydrogen-bond donors (Lipinski definition) is 1. The number of aryl methyl sites for hydroxylation is 1. The summed E-state index contributed by atoms with van der Waals surface area (Å²) in [6.45, 7) is 2.10. The minimum Gasteiger partial charge on any atom is -0.497 e. The SMILES string of the molecule is COc1cccc(-c2nnc(SCc3ccccc3C)n2N)c1. The Bertz CT molecular complexity index is 816. The van der Waals surface area contributed by atoms with Gasteiger partial charge in [-0.2, -0.15) is 0 Å². The third-order valence-corrected chi connectivity index (χ3v) is 4.60. The van der Waals surface area contributed by atoms with Crippen LogP contribution in [0.1, 0.15) is 11.1 Å². The summed E-state index contributed by atoms with van der Waals surface area (Å²) in [7, 11) is 1.63. The molecule has 0 radical (unpaired) electrons. The Morgan fingerprint density at radius 3 is 2.74 bits per heavy atom. The second-order valence-electron chi connectivity index (χ2n) is 5.12. The van der Waals surface area contributed by atoms with Crippen LogP contribution in [0.3, 0.4) is 0 Å². The van der Waals surface area contributed by atoms with E-state index in [-0.39, 0.29) is 0 Å². The predicted molar refractivity (Wildman–Crippen MR) is 92.9 cm³/mol. The van der Waals surface area contributed by atoms with Crippen molar-refractivity contribution in [3.63, 3.8) is 0 Å². The molecule has 2 aromatic carbocycles. The summed E-state index contributed by atoms with van der Waals surface area (Å²) >= 11 is 1.57. The van der Waals surface area contributed by atoms with E-state index in [0.717, 1.165) is 17.1 Å². The molecule has 1 aromatic heterocycles. The Morgan fingerprint density at radius 1 is 1.13 bits per heavy atom. The van der Waals surface area contributed by atoms with Crippen LogP contribution in [0.25, 0.3) is 11.4 Å². The highest BCUT2D eigenvalue weighted by Gasteiger charge is 2.13. The molecule has 0 saturated heterocycles. The van der Waals surface area contributed by atoms with Crippen LogP contribution in [0, 0.1) is 6.92 Å². The van der Waals surface area contributed by atoms with Crippen molar-refractivity contribution < 1.29 is 4.74 Å². The maximum atomic E-state index is 6.16. The lowest BCUT2D eigenvalue weighted by Crippen LogP contribution is -2.11. The molecular weight excluding hydrogens is 308 g/mol. The normalized spacial score (nSPS) is 10.7. The minimum absolute atomic E-state index is 0.621. The van der Waals surface area contributed by atoms with E-state index in [2.05, 4.69) is 29.3 Å². The first kappa shape index (κ1) is 15.4. The maximum Gasteiger partial charge on any atom is 0.210 e. The van der Waals surface area contributed by atoms with Gasteiger partial charge < -0.3 is 10.6 Å². The molecule has 0 aliphatic rings. The Morgan fingerprint density at radius 2 is 1.96 bits per heavy atom. The summed E-state index contributed by atoms with van der Waals surface area (Å²) in [6.07, 6.45) is 0. The Balaban J connectivity index is 1.80. The molecule has 0 atom stereocenters. The average Bonchev–Trinajstić information content (AvgIpc) is 2.95. The van der Waals surface area contributed by atoms with Crippen LogP contribution in [0.2, 0.25) is 0 Å². The van der Waals surface area contributed by atoms with Gasteiger partial charge in [0.15, 0.2) is 5.82 Å². The van der Waals surface area contributed by atoms with Crippen molar-refractivity contribution in [3.05, 3.63) is 59.7 Å². The molecule has 6 heteroatoms. The van der Waals surface area contributed by atoms with E-state index >= 15 is 0 Å². The summed E-state index contributed by atoms with van der Waals surface area (Å²) in [5.41, 5.74) is 3.40. The fourth-order valence-corrected chi connectivity index (χ4v) is 3.18. The number of hydrogen-bond acceptors (Lipinski definition) is 5. The molecule has 0 spiro atoms. The van der Waals surface area contributed by atoms with Crippen LogP contribution in [0.4, 0.5) is 0 Å². The number of nitrogens with zero attached hydrogens (tertiary/aromatic N) is 3. The Labute approximate surface area is 139 Å². The average molecular weight is 326 g/mol. The quantitative estimate of drug-likeness (QED) is 0.576. The molecule has 0 fully saturated rings. The van der Waals surface area contributed by atoms with Gasteiger partial charge in [0.25, 0.3) is 0 Å². The molecule has 5 nitrogen and oxygen atoms in total. The van der Waals surface area contributed by atoms with Gasteiger partial charge in [0.1, 0.15) is 5.75 Å². The molecule has 0 saturated carbocycles. The summed E-state index contributed by atoms with van der Waals surface area (Å²) in [6, 6.07) is 15.9. The third kappa shape index (κ3) is 3.32. The molecule has 23 heavy (non-hydrogen) atoms. The van der Waals surface area contributed by atoms with Crippen LogP contribution in [-0.2, 0) is 5.75 Å². The van der Waals surface area contributed by atoms with Crippen LogP contribution >= 0.6 is 11.8 Å². The van der Waals surface area contributed by atoms with Crippen molar-refractivity contribution in [3.8, 4) is 17.1 Å². The van der Waals surface area contributed by atoms with E-state index in [1.165, 1.54) is 15.8 Å². The van der Waals surface area contributed by atoms with Crippen LogP contribution in [0.5, 0.6) is 5.75 Å². The highest BCUT2D eigenvalue weighted by Crippen LogP contribution is 2.26. The highest BCUT2D eigenvalue weighted by atomic mass is 32.2. The van der Waals surface area contributed by atoms with Crippen molar-refractivity contribution in [1.82, 2.24) is 14.9 Å². The molecule has 118 valence electrons. The number of rotatable bonds is 5.